The first-order chi connectivity index (χ1) is 16.5. The number of nitrogens with zero attached hydrogens (tertiary/aromatic N) is 4. The number of carbonyl (C=O) groups excluding carboxylic acids is 1. The fourth-order valence-electron chi connectivity index (χ4n) is 4.09. The summed E-state index contributed by atoms with van der Waals surface area (Å²) in [6, 6.07) is 18.7. The summed E-state index contributed by atoms with van der Waals surface area (Å²) in [4.78, 5) is 22.4. The quantitative estimate of drug-likeness (QED) is 0.460. The van der Waals surface area contributed by atoms with Gasteiger partial charge in [-0.25, -0.2) is 4.68 Å². The van der Waals surface area contributed by atoms with Crippen LogP contribution in [0.3, 0.4) is 0 Å². The number of fused-ring (bicyclic) bond motifs is 1. The van der Waals surface area contributed by atoms with Gasteiger partial charge in [0.1, 0.15) is 11.8 Å². The van der Waals surface area contributed by atoms with Crippen LogP contribution in [0.5, 0.6) is 5.75 Å². The number of ether oxygens (including phenoxy) is 1. The zero-order valence-electron chi connectivity index (χ0n) is 19.1. The number of aromatic nitrogens is 4. The third-order valence-electron chi connectivity index (χ3n) is 5.76. The Morgan fingerprint density at radius 1 is 1.06 bits per heavy atom. The molecule has 8 heteroatoms. The van der Waals surface area contributed by atoms with Crippen LogP contribution in [0, 0.1) is 6.92 Å². The summed E-state index contributed by atoms with van der Waals surface area (Å²) in [7, 11) is 1.62. The summed E-state index contributed by atoms with van der Waals surface area (Å²) < 4.78 is 7.40. The number of rotatable bonds is 5. The van der Waals surface area contributed by atoms with Crippen molar-refractivity contribution in [1.29, 1.82) is 0 Å². The first kappa shape index (κ1) is 21.4. The minimum Gasteiger partial charge on any atom is -0.496 e. The van der Waals surface area contributed by atoms with Crippen LogP contribution in [0.15, 0.2) is 84.3 Å². The van der Waals surface area contributed by atoms with Gasteiger partial charge < -0.3 is 15.4 Å². The molecule has 0 fully saturated rings. The molecule has 0 radical (unpaired) electrons. The van der Waals surface area contributed by atoms with Crippen LogP contribution >= 0.6 is 0 Å². The first-order valence-electron chi connectivity index (χ1n) is 10.9. The molecular formula is C26H24N6O2. The van der Waals surface area contributed by atoms with Crippen LogP contribution < -0.4 is 15.4 Å². The lowest BCUT2D eigenvalue weighted by atomic mass is 9.94. The van der Waals surface area contributed by atoms with Gasteiger partial charge >= 0.3 is 0 Å². The lowest BCUT2D eigenvalue weighted by Gasteiger charge is -2.29. The van der Waals surface area contributed by atoms with Crippen LogP contribution in [0.1, 0.15) is 24.1 Å². The number of nitrogens with one attached hydrogen (secondary N) is 2. The molecule has 34 heavy (non-hydrogen) atoms. The van der Waals surface area contributed by atoms with E-state index in [2.05, 4.69) is 15.6 Å². The van der Waals surface area contributed by atoms with Crippen molar-refractivity contribution < 1.29 is 9.53 Å². The van der Waals surface area contributed by atoms with Gasteiger partial charge in [-0.05, 0) is 32.0 Å². The van der Waals surface area contributed by atoms with Crippen LogP contribution in [-0.4, -0.2) is 32.8 Å². The smallest absolute Gasteiger partial charge is 0.255 e. The van der Waals surface area contributed by atoms with E-state index in [-0.39, 0.29) is 5.91 Å². The average Bonchev–Trinajstić information content (AvgIpc) is 3.27. The van der Waals surface area contributed by atoms with Gasteiger partial charge in [0.2, 0.25) is 5.95 Å². The SMILES string of the molecule is COc1ccccc1C1C(C(=O)Nc2cccnc2)=C(C)Nc2nc(-c3ccc(C)cc3)nn21. The molecule has 1 aliphatic heterocycles. The number of carbonyl (C=O) groups is 1. The van der Waals surface area contributed by atoms with Gasteiger partial charge in [0.15, 0.2) is 5.82 Å². The summed E-state index contributed by atoms with van der Waals surface area (Å²) in [5, 5.41) is 11.0. The minimum atomic E-state index is -0.546. The molecule has 2 aromatic carbocycles. The van der Waals surface area contributed by atoms with E-state index in [4.69, 9.17) is 14.8 Å². The van der Waals surface area contributed by atoms with Crippen LogP contribution in [0.2, 0.25) is 0 Å². The zero-order chi connectivity index (χ0) is 23.7. The molecule has 0 saturated carbocycles. The molecule has 0 bridgehead atoms. The molecule has 0 aliphatic carbocycles. The second-order valence-corrected chi connectivity index (χ2v) is 8.07. The Morgan fingerprint density at radius 2 is 1.85 bits per heavy atom. The van der Waals surface area contributed by atoms with E-state index in [1.54, 1.807) is 36.3 Å². The van der Waals surface area contributed by atoms with Crippen LogP contribution in [0.25, 0.3) is 11.4 Å². The van der Waals surface area contributed by atoms with Gasteiger partial charge in [-0.15, -0.1) is 5.10 Å². The third kappa shape index (κ3) is 3.90. The highest BCUT2D eigenvalue weighted by Crippen LogP contribution is 2.40. The Morgan fingerprint density at radius 3 is 2.59 bits per heavy atom. The van der Waals surface area contributed by atoms with Crippen LogP contribution in [-0.2, 0) is 4.79 Å². The van der Waals surface area contributed by atoms with Gasteiger partial charge in [0, 0.05) is 23.0 Å². The van der Waals surface area contributed by atoms with Gasteiger partial charge in [-0.3, -0.25) is 9.78 Å². The molecule has 8 nitrogen and oxygen atoms in total. The highest BCUT2D eigenvalue weighted by molar-refractivity contribution is 6.06. The van der Waals surface area contributed by atoms with Gasteiger partial charge in [0.25, 0.3) is 5.91 Å². The maximum Gasteiger partial charge on any atom is 0.255 e. The Bertz CT molecular complexity index is 1380. The third-order valence-corrected chi connectivity index (χ3v) is 5.76. The summed E-state index contributed by atoms with van der Waals surface area (Å²) in [6.45, 7) is 3.90. The number of hydrogen-bond acceptors (Lipinski definition) is 6. The first-order valence-corrected chi connectivity index (χ1v) is 10.9. The van der Waals surface area contributed by atoms with Crippen molar-refractivity contribution >= 4 is 17.5 Å². The number of allylic oxidation sites excluding steroid dienone is 1. The fourth-order valence-corrected chi connectivity index (χ4v) is 4.09. The summed E-state index contributed by atoms with van der Waals surface area (Å²) in [5.74, 6) is 1.53. The molecule has 4 aromatic rings. The highest BCUT2D eigenvalue weighted by Gasteiger charge is 2.36. The van der Waals surface area contributed by atoms with E-state index in [1.165, 1.54) is 0 Å². The van der Waals surface area contributed by atoms with E-state index in [0.29, 0.717) is 34.5 Å². The van der Waals surface area contributed by atoms with Gasteiger partial charge in [-0.1, -0.05) is 48.0 Å². The summed E-state index contributed by atoms with van der Waals surface area (Å²) >= 11 is 0. The van der Waals surface area contributed by atoms with Crippen molar-refractivity contribution in [2.75, 3.05) is 17.7 Å². The highest BCUT2D eigenvalue weighted by atomic mass is 16.5. The Kier molecular flexibility index (Phi) is 5.55. The monoisotopic (exact) mass is 452 g/mol. The molecule has 170 valence electrons. The van der Waals surface area contributed by atoms with E-state index in [0.717, 1.165) is 16.7 Å². The largest absolute Gasteiger partial charge is 0.496 e. The molecule has 1 amide bonds. The molecule has 5 rings (SSSR count). The van der Waals surface area contributed by atoms with Crippen LogP contribution in [0.4, 0.5) is 11.6 Å². The Labute approximate surface area is 197 Å². The van der Waals surface area contributed by atoms with E-state index in [9.17, 15) is 4.79 Å². The number of methoxy groups -OCH3 is 1. The molecule has 0 saturated heterocycles. The summed E-state index contributed by atoms with van der Waals surface area (Å²) in [6.07, 6.45) is 3.27. The number of aryl methyl sites for hydroxylation is 1. The molecule has 3 heterocycles. The van der Waals surface area contributed by atoms with Crippen molar-refractivity contribution in [3.63, 3.8) is 0 Å². The predicted molar refractivity (Wildman–Crippen MR) is 131 cm³/mol. The standard InChI is InChI=1S/C26H24N6O2/c1-16-10-12-18(13-11-16)24-30-26-28-17(2)22(25(33)29-19-7-6-14-27-15-19)23(32(26)31-24)20-8-4-5-9-21(20)34-3/h4-15,23H,1-3H3,(H,29,33)(H,28,30,31). The van der Waals surface area contributed by atoms with Crippen molar-refractivity contribution in [3.8, 4) is 17.1 Å². The van der Waals surface area contributed by atoms with E-state index in [1.807, 2.05) is 62.4 Å². The lowest BCUT2D eigenvalue weighted by molar-refractivity contribution is -0.113. The number of benzene rings is 2. The van der Waals surface area contributed by atoms with E-state index < -0.39 is 6.04 Å². The number of amides is 1. The van der Waals surface area contributed by atoms with Crippen molar-refractivity contribution in [3.05, 3.63) is 95.5 Å². The summed E-state index contributed by atoms with van der Waals surface area (Å²) in [5.41, 5.74) is 4.67. The maximum absolute atomic E-state index is 13.5. The number of hydrogen-bond donors (Lipinski definition) is 2. The average molecular weight is 453 g/mol. The topological polar surface area (TPSA) is 94.0 Å². The van der Waals surface area contributed by atoms with Crippen molar-refractivity contribution in [2.24, 2.45) is 0 Å². The van der Waals surface area contributed by atoms with Gasteiger partial charge in [0.05, 0.1) is 24.6 Å². The molecule has 0 spiro atoms. The molecule has 2 N–H and O–H groups in total. The molecular weight excluding hydrogens is 428 g/mol. The maximum atomic E-state index is 13.5. The predicted octanol–water partition coefficient (Wildman–Crippen LogP) is 4.58. The normalized spacial score (nSPS) is 14.9. The van der Waals surface area contributed by atoms with Crippen molar-refractivity contribution in [2.45, 2.75) is 19.9 Å². The molecule has 1 atom stereocenters. The molecule has 1 aliphatic rings. The lowest BCUT2D eigenvalue weighted by Crippen LogP contribution is -2.31. The second kappa shape index (κ2) is 8.82. The second-order valence-electron chi connectivity index (χ2n) is 8.07. The van der Waals surface area contributed by atoms with Gasteiger partial charge in [-0.2, -0.15) is 4.98 Å². The zero-order valence-corrected chi connectivity index (χ0v) is 19.1. The molecule has 2 aromatic heterocycles. The van der Waals surface area contributed by atoms with E-state index >= 15 is 0 Å². The number of para-hydroxylation sites is 1. The Hall–Kier alpha value is -4.46. The Balaban J connectivity index is 1.63. The molecule has 1 unspecified atom stereocenters. The number of pyridine rings is 1. The van der Waals surface area contributed by atoms with Crippen molar-refractivity contribution in [1.82, 2.24) is 19.7 Å². The minimum absolute atomic E-state index is 0.257. The number of anilines is 2. The fraction of sp³-hybridized carbons (Fsp3) is 0.154.